The molecule has 1 aliphatic heterocycles. The highest BCUT2D eigenvalue weighted by Crippen LogP contribution is 2.35. The zero-order valence-electron chi connectivity index (χ0n) is 13.2. The Morgan fingerprint density at radius 3 is 3.22 bits per heavy atom. The van der Waals surface area contributed by atoms with Gasteiger partial charge >= 0.3 is 6.03 Å². The zero-order chi connectivity index (χ0) is 16.3. The molecule has 2 heterocycles. The number of fused-ring (bicyclic) bond motifs is 1. The Morgan fingerprint density at radius 2 is 2.39 bits per heavy atom. The van der Waals surface area contributed by atoms with Crippen LogP contribution in [0.25, 0.3) is 0 Å². The van der Waals surface area contributed by atoms with Crippen molar-refractivity contribution in [2.45, 2.75) is 50.2 Å². The molecule has 0 radical (unpaired) electrons. The quantitative estimate of drug-likeness (QED) is 0.775. The first-order chi connectivity index (χ1) is 11.1. The zero-order valence-corrected chi connectivity index (χ0v) is 13.2. The van der Waals surface area contributed by atoms with Crippen LogP contribution >= 0.6 is 0 Å². The van der Waals surface area contributed by atoms with E-state index in [0.717, 1.165) is 31.2 Å². The minimum absolute atomic E-state index is 0.0241. The lowest BCUT2D eigenvalue weighted by Crippen LogP contribution is -2.59. The molecular formula is C16H22N4O3. The van der Waals surface area contributed by atoms with Gasteiger partial charge in [0.1, 0.15) is 0 Å². The predicted octanol–water partition coefficient (Wildman–Crippen LogP) is 1.09. The fraction of sp³-hybridized carbons (Fsp3) is 0.562. The van der Waals surface area contributed by atoms with Crippen molar-refractivity contribution in [1.29, 1.82) is 0 Å². The monoisotopic (exact) mass is 318 g/mol. The van der Waals surface area contributed by atoms with Crippen molar-refractivity contribution in [3.8, 4) is 5.88 Å². The molecule has 0 bridgehead atoms. The Labute approximate surface area is 135 Å². The van der Waals surface area contributed by atoms with Crippen LogP contribution in [0.15, 0.2) is 18.3 Å². The number of carbonyl (C=O) groups is 2. The number of nitrogens with one attached hydrogen (secondary N) is 3. The summed E-state index contributed by atoms with van der Waals surface area (Å²) in [6.45, 7) is 0.382. The molecule has 1 aromatic rings. The third-order valence-electron chi connectivity index (χ3n) is 4.67. The molecule has 3 N–H and O–H groups in total. The number of pyridine rings is 1. The molecule has 0 spiro atoms. The summed E-state index contributed by atoms with van der Waals surface area (Å²) in [4.78, 5) is 28.1. The minimum atomic E-state index is -0.435. The van der Waals surface area contributed by atoms with Gasteiger partial charge in [-0.2, -0.15) is 0 Å². The molecule has 0 aromatic carbocycles. The molecule has 3 amide bonds. The molecule has 1 saturated heterocycles. The molecule has 1 aromatic heterocycles. The van der Waals surface area contributed by atoms with Crippen molar-refractivity contribution in [2.24, 2.45) is 0 Å². The smallest absolute Gasteiger partial charge is 0.315 e. The van der Waals surface area contributed by atoms with Crippen LogP contribution in [0, 0.1) is 0 Å². The van der Waals surface area contributed by atoms with Crippen LogP contribution in [0.3, 0.4) is 0 Å². The maximum Gasteiger partial charge on any atom is 0.315 e. The summed E-state index contributed by atoms with van der Waals surface area (Å²) in [5.74, 6) is 0.539. The Morgan fingerprint density at radius 1 is 1.52 bits per heavy atom. The van der Waals surface area contributed by atoms with E-state index in [9.17, 15) is 9.59 Å². The highest BCUT2D eigenvalue weighted by atomic mass is 16.5. The summed E-state index contributed by atoms with van der Waals surface area (Å²) in [6.07, 6.45) is 5.90. The van der Waals surface area contributed by atoms with Crippen LogP contribution in [0.5, 0.6) is 5.88 Å². The van der Waals surface area contributed by atoms with E-state index in [1.54, 1.807) is 19.4 Å². The molecule has 124 valence electrons. The van der Waals surface area contributed by atoms with Gasteiger partial charge in [-0.1, -0.05) is 12.8 Å². The Kier molecular flexibility index (Phi) is 4.36. The summed E-state index contributed by atoms with van der Waals surface area (Å²) in [5.41, 5.74) is 0.473. The minimum Gasteiger partial charge on any atom is -0.481 e. The number of aromatic nitrogens is 1. The number of carbonyl (C=O) groups excluding carboxylic acids is 2. The van der Waals surface area contributed by atoms with Crippen molar-refractivity contribution in [2.75, 3.05) is 7.11 Å². The van der Waals surface area contributed by atoms with Crippen molar-refractivity contribution >= 4 is 11.9 Å². The summed E-state index contributed by atoms with van der Waals surface area (Å²) in [6, 6.07) is 3.41. The first-order valence-corrected chi connectivity index (χ1v) is 7.96. The van der Waals surface area contributed by atoms with Gasteiger partial charge in [-0.05, 0) is 24.5 Å². The maximum absolute atomic E-state index is 12.3. The van der Waals surface area contributed by atoms with Crippen molar-refractivity contribution in [3.63, 3.8) is 0 Å². The predicted molar refractivity (Wildman–Crippen MR) is 83.9 cm³/mol. The number of rotatable bonds is 4. The Balaban J connectivity index is 1.59. The molecule has 7 heteroatoms. The van der Waals surface area contributed by atoms with E-state index in [0.29, 0.717) is 18.8 Å². The molecule has 7 nitrogen and oxygen atoms in total. The summed E-state index contributed by atoms with van der Waals surface area (Å²) in [5, 5.41) is 8.88. The number of urea groups is 1. The van der Waals surface area contributed by atoms with E-state index < -0.39 is 5.54 Å². The van der Waals surface area contributed by atoms with Gasteiger partial charge in [0.15, 0.2) is 0 Å². The third kappa shape index (κ3) is 3.38. The number of amides is 3. The van der Waals surface area contributed by atoms with Crippen LogP contribution < -0.4 is 20.7 Å². The molecule has 23 heavy (non-hydrogen) atoms. The molecule has 1 saturated carbocycles. The van der Waals surface area contributed by atoms with Crippen LogP contribution in [0.2, 0.25) is 0 Å². The van der Waals surface area contributed by atoms with Gasteiger partial charge in [0, 0.05) is 18.8 Å². The van der Waals surface area contributed by atoms with E-state index in [1.807, 2.05) is 6.07 Å². The highest BCUT2D eigenvalue weighted by molar-refractivity contribution is 5.83. The van der Waals surface area contributed by atoms with Crippen LogP contribution in [-0.2, 0) is 11.3 Å². The molecule has 2 atom stereocenters. The molecule has 0 unspecified atom stereocenters. The second-order valence-corrected chi connectivity index (χ2v) is 6.21. The van der Waals surface area contributed by atoms with Gasteiger partial charge in [0.2, 0.25) is 11.8 Å². The number of methoxy groups -OCH3 is 1. The van der Waals surface area contributed by atoms with E-state index in [2.05, 4.69) is 20.9 Å². The van der Waals surface area contributed by atoms with Crippen molar-refractivity contribution in [1.82, 2.24) is 20.9 Å². The van der Waals surface area contributed by atoms with Gasteiger partial charge in [-0.25, -0.2) is 9.78 Å². The standard InChI is InChI=1S/C16H22N4O3/c1-23-14-8-11(5-7-17-14)10-18-15(22)20-16-6-3-2-4-12(16)19-13(21)9-16/h5,7-8,12H,2-4,6,9-10H2,1H3,(H,19,21)(H2,18,20,22)/t12-,16+/m0/s1. The number of hydrogen-bond acceptors (Lipinski definition) is 4. The fourth-order valence-electron chi connectivity index (χ4n) is 3.51. The van der Waals surface area contributed by atoms with Crippen LogP contribution in [-0.4, -0.2) is 35.6 Å². The third-order valence-corrected chi connectivity index (χ3v) is 4.67. The average Bonchev–Trinajstić information content (AvgIpc) is 2.88. The van der Waals surface area contributed by atoms with Crippen LogP contribution in [0.4, 0.5) is 4.79 Å². The molecule has 3 rings (SSSR count). The normalized spacial score (nSPS) is 26.1. The Bertz CT molecular complexity index is 607. The average molecular weight is 318 g/mol. The van der Waals surface area contributed by atoms with E-state index in [-0.39, 0.29) is 18.0 Å². The fourth-order valence-corrected chi connectivity index (χ4v) is 3.51. The topological polar surface area (TPSA) is 92.4 Å². The first kappa shape index (κ1) is 15.6. The van der Waals surface area contributed by atoms with Gasteiger partial charge in [0.25, 0.3) is 0 Å². The molecule has 1 aliphatic carbocycles. The van der Waals surface area contributed by atoms with Gasteiger partial charge in [-0.3, -0.25) is 4.79 Å². The maximum atomic E-state index is 12.3. The lowest BCUT2D eigenvalue weighted by molar-refractivity contribution is -0.119. The largest absolute Gasteiger partial charge is 0.481 e. The SMILES string of the molecule is COc1cc(CNC(=O)N[C@@]23CCCC[C@@H]2NC(=O)C3)ccn1. The highest BCUT2D eigenvalue weighted by Gasteiger charge is 2.48. The molecule has 2 aliphatic rings. The van der Waals surface area contributed by atoms with E-state index in [1.165, 1.54) is 0 Å². The second kappa shape index (κ2) is 6.44. The van der Waals surface area contributed by atoms with E-state index in [4.69, 9.17) is 4.74 Å². The molecule has 2 fully saturated rings. The van der Waals surface area contributed by atoms with E-state index >= 15 is 0 Å². The Hall–Kier alpha value is -2.31. The number of hydrogen-bond donors (Lipinski definition) is 3. The lowest BCUT2D eigenvalue weighted by Gasteiger charge is -2.38. The lowest BCUT2D eigenvalue weighted by atomic mass is 9.78. The number of ether oxygens (including phenoxy) is 1. The van der Waals surface area contributed by atoms with Gasteiger partial charge in [-0.15, -0.1) is 0 Å². The summed E-state index contributed by atoms with van der Waals surface area (Å²) in [7, 11) is 1.55. The second-order valence-electron chi connectivity index (χ2n) is 6.21. The molecular weight excluding hydrogens is 296 g/mol. The first-order valence-electron chi connectivity index (χ1n) is 7.96. The van der Waals surface area contributed by atoms with Gasteiger partial charge < -0.3 is 20.7 Å². The van der Waals surface area contributed by atoms with Gasteiger partial charge in [0.05, 0.1) is 25.1 Å². The summed E-state index contributed by atoms with van der Waals surface area (Å²) >= 11 is 0. The summed E-state index contributed by atoms with van der Waals surface area (Å²) < 4.78 is 5.07. The van der Waals surface area contributed by atoms with Crippen molar-refractivity contribution < 1.29 is 14.3 Å². The van der Waals surface area contributed by atoms with Crippen LogP contribution in [0.1, 0.15) is 37.7 Å². The van der Waals surface area contributed by atoms with Crippen molar-refractivity contribution in [3.05, 3.63) is 23.9 Å². The number of nitrogens with zero attached hydrogens (tertiary/aromatic N) is 1.